The average molecular weight is 374 g/mol. The molecule has 2 amide bonds. The molecule has 3 N–H and O–H groups in total. The van der Waals surface area contributed by atoms with Crippen LogP contribution < -0.4 is 10.6 Å². The van der Waals surface area contributed by atoms with E-state index in [1.807, 2.05) is 19.1 Å². The van der Waals surface area contributed by atoms with E-state index in [-0.39, 0.29) is 17.1 Å². The first-order chi connectivity index (χ1) is 12.3. The molecular weight excluding hydrogens is 356 g/mol. The average Bonchev–Trinajstić information content (AvgIpc) is 2.57. The van der Waals surface area contributed by atoms with Gasteiger partial charge in [0.25, 0.3) is 0 Å². The van der Waals surface area contributed by atoms with Gasteiger partial charge in [-0.15, -0.1) is 0 Å². The number of carbonyl (C=O) groups is 3. The van der Waals surface area contributed by atoms with E-state index in [1.54, 1.807) is 12.1 Å². The quantitative estimate of drug-likeness (QED) is 0.686. The van der Waals surface area contributed by atoms with Crippen LogP contribution in [0.5, 0.6) is 0 Å². The van der Waals surface area contributed by atoms with Crippen molar-refractivity contribution in [3.8, 4) is 0 Å². The second kappa shape index (κ2) is 8.91. The van der Waals surface area contributed by atoms with Gasteiger partial charge in [-0.05, 0) is 43.3 Å². The summed E-state index contributed by atoms with van der Waals surface area (Å²) in [5.74, 6) is -2.65. The molecule has 7 nitrogen and oxygen atoms in total. The molecule has 136 valence electrons. The number of aryl methyl sites for hydroxylation is 1. The van der Waals surface area contributed by atoms with E-state index in [4.69, 9.17) is 5.11 Å². The molecule has 0 aromatic heterocycles. The molecule has 0 saturated heterocycles. The second-order valence-electron chi connectivity index (χ2n) is 5.57. The molecule has 2 rings (SSSR count). The van der Waals surface area contributed by atoms with Crippen molar-refractivity contribution in [2.75, 3.05) is 22.1 Å². The lowest BCUT2D eigenvalue weighted by molar-refractivity contribution is -0.114. The predicted molar refractivity (Wildman–Crippen MR) is 99.7 cm³/mol. The minimum absolute atomic E-state index is 0.0966. The number of carbonyl (C=O) groups excluding carboxylic acids is 2. The lowest BCUT2D eigenvalue weighted by atomic mass is 10.2. The predicted octanol–water partition coefficient (Wildman–Crippen LogP) is 2.02. The van der Waals surface area contributed by atoms with Gasteiger partial charge >= 0.3 is 5.97 Å². The molecule has 1 unspecified atom stereocenters. The van der Waals surface area contributed by atoms with Gasteiger partial charge in [0, 0.05) is 22.2 Å². The van der Waals surface area contributed by atoms with Crippen molar-refractivity contribution in [3.05, 3.63) is 59.7 Å². The third-order valence-corrected chi connectivity index (χ3v) is 4.50. The third kappa shape index (κ3) is 6.14. The number of benzene rings is 2. The van der Waals surface area contributed by atoms with Crippen molar-refractivity contribution < 1.29 is 23.7 Å². The van der Waals surface area contributed by atoms with Crippen molar-refractivity contribution >= 4 is 40.0 Å². The van der Waals surface area contributed by atoms with Gasteiger partial charge in [0.2, 0.25) is 11.8 Å². The van der Waals surface area contributed by atoms with Crippen LogP contribution in [0.3, 0.4) is 0 Å². The van der Waals surface area contributed by atoms with Crippen LogP contribution in [0.2, 0.25) is 0 Å². The number of hydrogen-bond acceptors (Lipinski definition) is 4. The largest absolute Gasteiger partial charge is 0.478 e. The summed E-state index contributed by atoms with van der Waals surface area (Å²) in [6.45, 7) is 1.93. The summed E-state index contributed by atoms with van der Waals surface area (Å²) in [7, 11) is -1.66. The van der Waals surface area contributed by atoms with Crippen LogP contribution in [0, 0.1) is 6.92 Å². The van der Waals surface area contributed by atoms with E-state index < -0.39 is 28.6 Å². The number of rotatable bonds is 7. The molecule has 0 saturated carbocycles. The van der Waals surface area contributed by atoms with E-state index in [1.165, 1.54) is 24.3 Å². The minimum atomic E-state index is -1.66. The van der Waals surface area contributed by atoms with Crippen LogP contribution in [-0.2, 0) is 20.4 Å². The van der Waals surface area contributed by atoms with Crippen LogP contribution in [0.25, 0.3) is 0 Å². The maximum atomic E-state index is 12.0. The molecule has 0 fully saturated rings. The molecule has 0 aliphatic heterocycles. The van der Waals surface area contributed by atoms with Crippen LogP contribution in [0.1, 0.15) is 15.9 Å². The molecule has 2 aromatic carbocycles. The zero-order chi connectivity index (χ0) is 19.1. The summed E-state index contributed by atoms with van der Waals surface area (Å²) in [6, 6.07) is 12.7. The Kier molecular flexibility index (Phi) is 6.62. The Morgan fingerprint density at radius 3 is 1.69 bits per heavy atom. The lowest BCUT2D eigenvalue weighted by Crippen LogP contribution is -2.26. The van der Waals surface area contributed by atoms with E-state index in [2.05, 4.69) is 10.6 Å². The molecule has 0 spiro atoms. The number of hydrogen-bond donors (Lipinski definition) is 3. The first-order valence-electron chi connectivity index (χ1n) is 7.68. The number of anilines is 2. The first-order valence-corrected chi connectivity index (χ1v) is 9.17. The highest BCUT2D eigenvalue weighted by atomic mass is 32.2. The minimum Gasteiger partial charge on any atom is -0.478 e. The maximum absolute atomic E-state index is 12.0. The Hall–Kier alpha value is -3.00. The number of nitrogens with one attached hydrogen (secondary N) is 2. The molecule has 0 radical (unpaired) electrons. The summed E-state index contributed by atoms with van der Waals surface area (Å²) < 4.78 is 12.0. The smallest absolute Gasteiger partial charge is 0.335 e. The highest BCUT2D eigenvalue weighted by molar-refractivity contribution is 7.86. The molecule has 2 aromatic rings. The summed E-state index contributed by atoms with van der Waals surface area (Å²) in [4.78, 5) is 34.5. The monoisotopic (exact) mass is 374 g/mol. The SMILES string of the molecule is Cc1ccc(NC(=O)CS(=O)CC(=O)Nc2ccc(C(=O)O)cc2)cc1. The fourth-order valence-corrected chi connectivity index (χ4v) is 2.90. The first kappa shape index (κ1) is 19.3. The standard InChI is InChI=1S/C18H18N2O5S/c1-12-2-6-14(7-3-12)19-16(21)10-26(25)11-17(22)20-15-8-4-13(5-9-15)18(23)24/h2-9H,10-11H2,1H3,(H,19,21)(H,20,22)(H,23,24). The normalized spacial score (nSPS) is 11.4. The van der Waals surface area contributed by atoms with Crippen LogP contribution >= 0.6 is 0 Å². The number of amides is 2. The van der Waals surface area contributed by atoms with Gasteiger partial charge in [0.1, 0.15) is 11.5 Å². The fraction of sp³-hybridized carbons (Fsp3) is 0.167. The van der Waals surface area contributed by atoms with E-state index in [0.717, 1.165) is 5.56 Å². The van der Waals surface area contributed by atoms with Gasteiger partial charge in [0.15, 0.2) is 0 Å². The van der Waals surface area contributed by atoms with E-state index in [0.29, 0.717) is 11.4 Å². The molecule has 1 atom stereocenters. The molecular formula is C18H18N2O5S. The number of carboxylic acids is 1. The topological polar surface area (TPSA) is 113 Å². The molecule has 0 aliphatic carbocycles. The summed E-state index contributed by atoms with van der Waals surface area (Å²) in [6.07, 6.45) is 0. The summed E-state index contributed by atoms with van der Waals surface area (Å²) in [5, 5.41) is 13.9. The maximum Gasteiger partial charge on any atom is 0.335 e. The highest BCUT2D eigenvalue weighted by Crippen LogP contribution is 2.10. The van der Waals surface area contributed by atoms with Crippen molar-refractivity contribution in [1.29, 1.82) is 0 Å². The second-order valence-corrected chi connectivity index (χ2v) is 7.03. The number of carboxylic acid groups (broad SMARTS) is 1. The van der Waals surface area contributed by atoms with Crippen molar-refractivity contribution in [2.45, 2.75) is 6.92 Å². The zero-order valence-corrected chi connectivity index (χ0v) is 14.8. The van der Waals surface area contributed by atoms with Crippen molar-refractivity contribution in [3.63, 3.8) is 0 Å². The third-order valence-electron chi connectivity index (χ3n) is 3.34. The molecule has 0 aliphatic rings. The lowest BCUT2D eigenvalue weighted by Gasteiger charge is -2.07. The van der Waals surface area contributed by atoms with Gasteiger partial charge < -0.3 is 15.7 Å². The Balaban J connectivity index is 1.80. The fourth-order valence-electron chi connectivity index (χ4n) is 2.07. The Bertz CT molecular complexity index is 832. The van der Waals surface area contributed by atoms with Gasteiger partial charge in [0.05, 0.1) is 5.56 Å². The van der Waals surface area contributed by atoms with Crippen LogP contribution in [-0.4, -0.2) is 38.6 Å². The van der Waals surface area contributed by atoms with Gasteiger partial charge in [-0.2, -0.15) is 0 Å². The molecule has 0 heterocycles. The molecule has 0 bridgehead atoms. The summed E-state index contributed by atoms with van der Waals surface area (Å²) in [5.41, 5.74) is 2.14. The Morgan fingerprint density at radius 1 is 0.846 bits per heavy atom. The molecule has 26 heavy (non-hydrogen) atoms. The summed E-state index contributed by atoms with van der Waals surface area (Å²) >= 11 is 0. The van der Waals surface area contributed by atoms with Crippen LogP contribution in [0.15, 0.2) is 48.5 Å². The van der Waals surface area contributed by atoms with Gasteiger partial charge in [-0.25, -0.2) is 4.79 Å². The van der Waals surface area contributed by atoms with Gasteiger partial charge in [-0.1, -0.05) is 17.7 Å². The van der Waals surface area contributed by atoms with Gasteiger partial charge in [-0.3, -0.25) is 13.8 Å². The van der Waals surface area contributed by atoms with Crippen LogP contribution in [0.4, 0.5) is 11.4 Å². The van der Waals surface area contributed by atoms with E-state index >= 15 is 0 Å². The molecule has 8 heteroatoms. The van der Waals surface area contributed by atoms with Crippen molar-refractivity contribution in [1.82, 2.24) is 0 Å². The van der Waals surface area contributed by atoms with E-state index in [9.17, 15) is 18.6 Å². The number of aromatic carboxylic acids is 1. The van der Waals surface area contributed by atoms with Crippen molar-refractivity contribution in [2.24, 2.45) is 0 Å². The highest BCUT2D eigenvalue weighted by Gasteiger charge is 2.13. The Morgan fingerprint density at radius 2 is 1.27 bits per heavy atom. The Labute approximate surface area is 152 Å². The zero-order valence-electron chi connectivity index (χ0n) is 14.0.